The van der Waals surface area contributed by atoms with Gasteiger partial charge in [0.25, 0.3) is 0 Å². The van der Waals surface area contributed by atoms with Gasteiger partial charge in [-0.25, -0.2) is 14.4 Å². The van der Waals surface area contributed by atoms with Gasteiger partial charge in [-0.1, -0.05) is 32.9 Å². The molecule has 11 atom stereocenters. The number of Topliss-reactive ketones (excluding diaryl/α,β-unsaturated/α-hetero) is 1. The fraction of sp³-hybridized carbons (Fsp3) is 0.644. The first kappa shape index (κ1) is 48.2. The molecule has 17 nitrogen and oxygen atoms in total. The van der Waals surface area contributed by atoms with E-state index in [-0.39, 0.29) is 49.0 Å². The Morgan fingerprint density at radius 3 is 2.34 bits per heavy atom. The highest BCUT2D eigenvalue weighted by atomic mass is 16.6. The van der Waals surface area contributed by atoms with E-state index in [4.69, 9.17) is 33.2 Å². The Morgan fingerprint density at radius 1 is 1.10 bits per heavy atom. The lowest BCUT2D eigenvalue weighted by molar-refractivity contribution is -0.346. The van der Waals surface area contributed by atoms with E-state index < -0.39 is 118 Å². The van der Waals surface area contributed by atoms with Crippen LogP contribution >= 0.6 is 0 Å². The van der Waals surface area contributed by atoms with Crippen molar-refractivity contribution in [3.05, 3.63) is 53.6 Å². The predicted molar refractivity (Wildman–Crippen MR) is 218 cm³/mol. The van der Waals surface area contributed by atoms with Gasteiger partial charge in [-0.3, -0.25) is 14.4 Å². The number of methoxy groups -OCH3 is 1. The average Bonchev–Trinajstić information content (AvgIpc) is 3.19. The summed E-state index contributed by atoms with van der Waals surface area (Å²) in [6, 6.07) is 4.74. The highest BCUT2D eigenvalue weighted by Gasteiger charge is 2.78. The van der Waals surface area contributed by atoms with Crippen molar-refractivity contribution in [3.8, 4) is 5.75 Å². The van der Waals surface area contributed by atoms with Crippen molar-refractivity contribution in [1.82, 2.24) is 5.32 Å². The maximum Gasteiger partial charge on any atom is 0.407 e. The number of alkyl carbamates (subject to hydrolysis) is 1. The van der Waals surface area contributed by atoms with Gasteiger partial charge in [-0.2, -0.15) is 0 Å². The Bertz CT molecular complexity index is 1990. The minimum Gasteiger partial charge on any atom is -0.497 e. The third-order valence-electron chi connectivity index (χ3n) is 13.0. The summed E-state index contributed by atoms with van der Waals surface area (Å²) in [4.78, 5) is 83.2. The molecule has 1 amide bonds. The lowest BCUT2D eigenvalue weighted by atomic mass is 9.44. The summed E-state index contributed by atoms with van der Waals surface area (Å²) in [6.45, 7) is 17.0. The van der Waals surface area contributed by atoms with Crippen LogP contribution in [0.5, 0.6) is 5.75 Å². The van der Waals surface area contributed by atoms with Crippen LogP contribution in [0.2, 0.25) is 0 Å². The second-order valence-electron chi connectivity index (χ2n) is 18.3. The van der Waals surface area contributed by atoms with Gasteiger partial charge in [0.15, 0.2) is 23.6 Å². The van der Waals surface area contributed by atoms with E-state index in [1.807, 2.05) is 0 Å². The zero-order valence-electron chi connectivity index (χ0n) is 37.1. The number of allylic oxidation sites excluding steroid dienone is 1. The van der Waals surface area contributed by atoms with Crippen LogP contribution in [0.25, 0.3) is 0 Å². The highest BCUT2D eigenvalue weighted by molar-refractivity contribution is 5.96. The van der Waals surface area contributed by atoms with Crippen molar-refractivity contribution >= 4 is 35.8 Å². The zero-order valence-corrected chi connectivity index (χ0v) is 37.1. The average molecular weight is 872 g/mol. The van der Waals surface area contributed by atoms with Gasteiger partial charge in [-0.05, 0) is 76.8 Å². The van der Waals surface area contributed by atoms with Gasteiger partial charge in [0.1, 0.15) is 35.3 Å². The molecule has 0 spiro atoms. The van der Waals surface area contributed by atoms with E-state index in [0.29, 0.717) is 5.75 Å². The largest absolute Gasteiger partial charge is 0.497 e. The van der Waals surface area contributed by atoms with Crippen molar-refractivity contribution in [3.63, 3.8) is 0 Å². The minimum absolute atomic E-state index is 0.0109. The van der Waals surface area contributed by atoms with Crippen LogP contribution in [0, 0.1) is 16.7 Å². The fourth-order valence-electron chi connectivity index (χ4n) is 9.68. The number of aliphatic hydroxyl groups excluding tert-OH is 2. The number of ketones is 1. The Balaban J connectivity index is 1.74. The number of fused-ring (bicyclic) bond motifs is 5. The highest BCUT2D eigenvalue weighted by Crippen LogP contribution is 2.64. The van der Waals surface area contributed by atoms with E-state index in [2.05, 4.69) is 11.9 Å². The second kappa shape index (κ2) is 17.7. The van der Waals surface area contributed by atoms with E-state index >= 15 is 4.79 Å². The Hall–Kier alpha value is -4.84. The molecule has 1 aromatic carbocycles. The van der Waals surface area contributed by atoms with Crippen molar-refractivity contribution in [2.24, 2.45) is 16.7 Å². The molecule has 0 radical (unpaired) electrons. The lowest BCUT2D eigenvalue weighted by Gasteiger charge is -2.67. The SMILES string of the molecule is C=CCC[C@H](NC(=O)OC(C)(C)C)[C@@H](O)C(=O)O[C@H]1C[C@@]2(O)[C@@H](OC(=O)c3cccc(OC)c3)C3[C@](C)(C(=O)[C@H](OC(=O)CC)C(=C1C)C2(C)C)[C@@H](O)C[C@H]1OC[C@@]31OC(C)=O. The van der Waals surface area contributed by atoms with Gasteiger partial charge in [-0.15, -0.1) is 6.58 Å². The molecule has 1 saturated heterocycles. The van der Waals surface area contributed by atoms with Crippen molar-refractivity contribution in [1.29, 1.82) is 0 Å². The van der Waals surface area contributed by atoms with E-state index in [9.17, 15) is 39.3 Å². The van der Waals surface area contributed by atoms with Crippen LogP contribution in [0.1, 0.15) is 105 Å². The van der Waals surface area contributed by atoms with Crippen LogP contribution in [-0.4, -0.2) is 124 Å². The van der Waals surface area contributed by atoms with E-state index in [1.165, 1.54) is 46.1 Å². The van der Waals surface area contributed by atoms with Crippen LogP contribution in [0.3, 0.4) is 0 Å². The molecule has 0 aromatic heterocycles. The molecule has 17 heteroatoms. The quantitative estimate of drug-likeness (QED) is 0.125. The monoisotopic (exact) mass is 871 g/mol. The third kappa shape index (κ3) is 8.60. The van der Waals surface area contributed by atoms with Crippen LogP contribution in [0.15, 0.2) is 48.1 Å². The fourth-order valence-corrected chi connectivity index (χ4v) is 9.68. The number of benzene rings is 1. The van der Waals surface area contributed by atoms with Gasteiger partial charge in [0, 0.05) is 31.6 Å². The van der Waals surface area contributed by atoms with E-state index in [1.54, 1.807) is 46.8 Å². The molecule has 3 fully saturated rings. The molecule has 4 N–H and O–H groups in total. The third-order valence-corrected chi connectivity index (χ3v) is 13.0. The number of rotatable bonds is 13. The number of hydrogen-bond donors (Lipinski definition) is 4. The maximum atomic E-state index is 15.6. The molecule has 1 aliphatic heterocycles. The molecule has 1 aromatic rings. The van der Waals surface area contributed by atoms with E-state index in [0.717, 1.165) is 6.92 Å². The Kier molecular flexibility index (Phi) is 13.8. The van der Waals surface area contributed by atoms with Crippen molar-refractivity contribution in [2.45, 2.75) is 154 Å². The van der Waals surface area contributed by atoms with Gasteiger partial charge >= 0.3 is 30.0 Å². The first-order chi connectivity index (χ1) is 28.8. The summed E-state index contributed by atoms with van der Waals surface area (Å²) in [5.74, 6) is -5.99. The number of nitrogens with one attached hydrogen (secondary N) is 1. The summed E-state index contributed by atoms with van der Waals surface area (Å²) >= 11 is 0. The smallest absolute Gasteiger partial charge is 0.407 e. The number of hydrogen-bond acceptors (Lipinski definition) is 16. The standard InChI is InChI=1S/C45H61NO16/c1-12-14-18-27(46-40(54)62-41(5,6)7)33(50)39(53)58-28-21-45(55)37(60-38(52)25-16-15-17-26(19-25)56-11)35-43(10,29(48)20-30-44(35,22-57-30)61-24(4)47)36(51)34(59-31(49)13-2)32(23(28)3)42(45,8)9/h12,15-17,19,27-30,33-35,37,48,50,55H,1,13-14,18,20-22H2,2-11H3,(H,46,54)/t27-,28-,29-,30+,33+,34+,35?,37-,43+,44-,45+/m0/s1. The van der Waals surface area contributed by atoms with Crippen molar-refractivity contribution < 1.29 is 77.2 Å². The van der Waals surface area contributed by atoms with Crippen molar-refractivity contribution in [2.75, 3.05) is 13.7 Å². The van der Waals surface area contributed by atoms with Gasteiger partial charge < -0.3 is 53.8 Å². The lowest BCUT2D eigenvalue weighted by Crippen LogP contribution is -2.82. The molecule has 1 unspecified atom stereocenters. The molecule has 342 valence electrons. The number of aliphatic hydroxyl groups is 3. The molecule has 3 aliphatic carbocycles. The van der Waals surface area contributed by atoms with Crippen LogP contribution in [-0.2, 0) is 47.6 Å². The molecular weight excluding hydrogens is 810 g/mol. The zero-order chi connectivity index (χ0) is 46.3. The second-order valence-corrected chi connectivity index (χ2v) is 18.3. The molecule has 2 bridgehead atoms. The molecular formula is C45H61NO16. The maximum absolute atomic E-state index is 15.6. The molecule has 2 saturated carbocycles. The number of esters is 4. The number of amides is 1. The number of carbonyl (C=O) groups excluding carboxylic acids is 6. The molecule has 1 heterocycles. The first-order valence-corrected chi connectivity index (χ1v) is 20.8. The molecule has 4 aliphatic rings. The summed E-state index contributed by atoms with van der Waals surface area (Å²) in [5.41, 5.74) is -8.76. The summed E-state index contributed by atoms with van der Waals surface area (Å²) in [6.07, 6.45) is -9.87. The number of carbonyl (C=O) groups is 6. The van der Waals surface area contributed by atoms with Crippen LogP contribution in [0.4, 0.5) is 4.79 Å². The minimum atomic E-state index is -2.42. The normalized spacial score (nSPS) is 32.1. The van der Waals surface area contributed by atoms with Gasteiger partial charge in [0.2, 0.25) is 0 Å². The molecule has 5 rings (SSSR count). The Morgan fingerprint density at radius 2 is 1.77 bits per heavy atom. The number of ether oxygens (including phenoxy) is 7. The topological polar surface area (TPSA) is 240 Å². The summed E-state index contributed by atoms with van der Waals surface area (Å²) in [5, 5.41) is 39.8. The summed E-state index contributed by atoms with van der Waals surface area (Å²) < 4.78 is 41.1. The van der Waals surface area contributed by atoms with Gasteiger partial charge in [0.05, 0.1) is 42.8 Å². The van der Waals surface area contributed by atoms with Crippen LogP contribution < -0.4 is 10.1 Å². The first-order valence-electron chi connectivity index (χ1n) is 20.8. The summed E-state index contributed by atoms with van der Waals surface area (Å²) in [7, 11) is 1.40. The predicted octanol–water partition coefficient (Wildman–Crippen LogP) is 3.82. The Labute approximate surface area is 361 Å². The molecule has 62 heavy (non-hydrogen) atoms.